The summed E-state index contributed by atoms with van der Waals surface area (Å²) in [6.07, 6.45) is 5.75. The van der Waals surface area contributed by atoms with Crippen molar-refractivity contribution in [3.8, 4) is 0 Å². The zero-order chi connectivity index (χ0) is 13.1. The first-order valence-electron chi connectivity index (χ1n) is 6.32. The van der Waals surface area contributed by atoms with E-state index in [0.717, 1.165) is 12.0 Å². The Morgan fingerprint density at radius 1 is 1.28 bits per heavy atom. The third-order valence-electron chi connectivity index (χ3n) is 3.73. The van der Waals surface area contributed by atoms with Gasteiger partial charge in [-0.05, 0) is 30.0 Å². The number of carbonyl (C=O) groups excluding carboxylic acids is 1. The normalized spacial score (nSPS) is 17.9. The molecular formula is C14H17Cl2NO. The van der Waals surface area contributed by atoms with Gasteiger partial charge in [-0.1, -0.05) is 55.0 Å². The monoisotopic (exact) mass is 285 g/mol. The van der Waals surface area contributed by atoms with Gasteiger partial charge >= 0.3 is 0 Å². The predicted molar refractivity (Wildman–Crippen MR) is 75.0 cm³/mol. The summed E-state index contributed by atoms with van der Waals surface area (Å²) in [5, 5.41) is 0.983. The van der Waals surface area contributed by atoms with Crippen molar-refractivity contribution in [1.29, 1.82) is 0 Å². The fourth-order valence-electron chi connectivity index (χ4n) is 2.73. The van der Waals surface area contributed by atoms with Gasteiger partial charge in [-0.3, -0.25) is 4.79 Å². The molecule has 0 unspecified atom stereocenters. The summed E-state index contributed by atoms with van der Waals surface area (Å²) in [4.78, 5) is 11.6. The Morgan fingerprint density at radius 3 is 2.50 bits per heavy atom. The Kier molecular flexibility index (Phi) is 4.52. The molecule has 2 rings (SSSR count). The Hall–Kier alpha value is -0.730. The van der Waals surface area contributed by atoms with E-state index in [2.05, 4.69) is 0 Å². The molecule has 0 aromatic heterocycles. The van der Waals surface area contributed by atoms with Crippen LogP contribution < -0.4 is 5.73 Å². The Morgan fingerprint density at radius 2 is 1.94 bits per heavy atom. The number of halogens is 2. The molecule has 0 saturated heterocycles. The maximum atomic E-state index is 11.6. The maximum absolute atomic E-state index is 11.6. The van der Waals surface area contributed by atoms with Crippen LogP contribution in [0.25, 0.3) is 0 Å². The Bertz CT molecular complexity index is 441. The fraction of sp³-hybridized carbons (Fsp3) is 0.500. The van der Waals surface area contributed by atoms with Crippen molar-refractivity contribution in [3.05, 3.63) is 33.8 Å². The van der Waals surface area contributed by atoms with Crippen molar-refractivity contribution in [2.45, 2.75) is 38.0 Å². The van der Waals surface area contributed by atoms with Crippen molar-refractivity contribution in [3.63, 3.8) is 0 Å². The number of amides is 1. The molecule has 2 N–H and O–H groups in total. The molecular weight excluding hydrogens is 269 g/mol. The van der Waals surface area contributed by atoms with Crippen LogP contribution in [0.5, 0.6) is 0 Å². The van der Waals surface area contributed by atoms with Crippen molar-refractivity contribution in [2.24, 2.45) is 11.7 Å². The minimum atomic E-state index is -0.278. The second-order valence-corrected chi connectivity index (χ2v) is 5.83. The molecule has 2 nitrogen and oxygen atoms in total. The average molecular weight is 286 g/mol. The molecule has 1 aromatic rings. The van der Waals surface area contributed by atoms with E-state index in [1.165, 1.54) is 25.7 Å². The summed E-state index contributed by atoms with van der Waals surface area (Å²) >= 11 is 11.9. The number of hydrogen-bond acceptors (Lipinski definition) is 1. The second-order valence-electron chi connectivity index (χ2n) is 5.01. The minimum absolute atomic E-state index is 0.247. The highest BCUT2D eigenvalue weighted by Gasteiger charge is 2.25. The van der Waals surface area contributed by atoms with E-state index < -0.39 is 0 Å². The van der Waals surface area contributed by atoms with Crippen LogP contribution in [-0.2, 0) is 4.79 Å². The van der Waals surface area contributed by atoms with Gasteiger partial charge in [0.15, 0.2) is 0 Å². The van der Waals surface area contributed by atoms with E-state index in [9.17, 15) is 4.79 Å². The van der Waals surface area contributed by atoms with E-state index in [1.807, 2.05) is 6.07 Å². The van der Waals surface area contributed by atoms with Gasteiger partial charge in [-0.2, -0.15) is 0 Å². The molecule has 1 atom stereocenters. The third-order valence-corrected chi connectivity index (χ3v) is 4.47. The molecule has 0 heterocycles. The van der Waals surface area contributed by atoms with Gasteiger partial charge in [0.2, 0.25) is 5.91 Å². The number of nitrogens with two attached hydrogens (primary N) is 1. The summed E-state index contributed by atoms with van der Waals surface area (Å²) in [6, 6.07) is 5.33. The maximum Gasteiger partial charge on any atom is 0.224 e. The van der Waals surface area contributed by atoms with Crippen molar-refractivity contribution < 1.29 is 4.79 Å². The molecule has 1 fully saturated rings. The summed E-state index contributed by atoms with van der Waals surface area (Å²) < 4.78 is 0. The van der Waals surface area contributed by atoms with E-state index >= 15 is 0 Å². The second kappa shape index (κ2) is 5.94. The zero-order valence-corrected chi connectivity index (χ0v) is 11.7. The molecule has 98 valence electrons. The first kappa shape index (κ1) is 13.7. The van der Waals surface area contributed by atoms with Gasteiger partial charge in [0.05, 0.1) is 16.0 Å². The van der Waals surface area contributed by atoms with Crippen molar-refractivity contribution in [2.75, 3.05) is 0 Å². The van der Waals surface area contributed by atoms with Crippen LogP contribution in [-0.4, -0.2) is 5.91 Å². The van der Waals surface area contributed by atoms with Gasteiger partial charge in [0.1, 0.15) is 0 Å². The number of carbonyl (C=O) groups is 1. The fourth-order valence-corrected chi connectivity index (χ4v) is 3.03. The van der Waals surface area contributed by atoms with Crippen LogP contribution >= 0.6 is 23.2 Å². The summed E-state index contributed by atoms with van der Waals surface area (Å²) in [7, 11) is 0. The lowest BCUT2D eigenvalue weighted by Gasteiger charge is -2.18. The minimum Gasteiger partial charge on any atom is -0.369 e. The van der Waals surface area contributed by atoms with E-state index in [1.54, 1.807) is 12.1 Å². The Labute approximate surface area is 117 Å². The molecule has 0 aliphatic heterocycles. The van der Waals surface area contributed by atoms with Crippen LogP contribution in [0.15, 0.2) is 18.2 Å². The van der Waals surface area contributed by atoms with Crippen LogP contribution in [0.2, 0.25) is 10.0 Å². The average Bonchev–Trinajstić information content (AvgIpc) is 2.82. The van der Waals surface area contributed by atoms with E-state index in [-0.39, 0.29) is 11.8 Å². The van der Waals surface area contributed by atoms with Crippen LogP contribution in [0.1, 0.15) is 43.6 Å². The molecule has 0 bridgehead atoms. The Balaban J connectivity index is 2.17. The first-order valence-corrected chi connectivity index (χ1v) is 7.08. The van der Waals surface area contributed by atoms with E-state index in [4.69, 9.17) is 28.9 Å². The van der Waals surface area contributed by atoms with Crippen molar-refractivity contribution in [1.82, 2.24) is 0 Å². The van der Waals surface area contributed by atoms with Gasteiger partial charge < -0.3 is 5.73 Å². The van der Waals surface area contributed by atoms with Gasteiger partial charge in [0, 0.05) is 0 Å². The topological polar surface area (TPSA) is 43.1 Å². The molecule has 1 aliphatic rings. The van der Waals surface area contributed by atoms with E-state index in [0.29, 0.717) is 16.0 Å². The summed E-state index contributed by atoms with van der Waals surface area (Å²) in [5.41, 5.74) is 6.40. The summed E-state index contributed by atoms with van der Waals surface area (Å²) in [6.45, 7) is 0. The van der Waals surface area contributed by atoms with Crippen LogP contribution in [0.3, 0.4) is 0 Å². The quantitative estimate of drug-likeness (QED) is 0.888. The molecule has 18 heavy (non-hydrogen) atoms. The molecule has 0 radical (unpaired) electrons. The lowest BCUT2D eigenvalue weighted by molar-refractivity contribution is -0.119. The SMILES string of the molecule is NC(=O)[C@@H](CC1CCCC1)c1ccc(Cl)c(Cl)c1. The number of hydrogen-bond donors (Lipinski definition) is 1. The largest absolute Gasteiger partial charge is 0.369 e. The third kappa shape index (κ3) is 3.18. The van der Waals surface area contributed by atoms with Crippen molar-refractivity contribution >= 4 is 29.1 Å². The molecule has 1 amide bonds. The molecule has 0 spiro atoms. The molecule has 1 aromatic carbocycles. The summed E-state index contributed by atoms with van der Waals surface area (Å²) in [5.74, 6) is 0.0834. The molecule has 1 aliphatic carbocycles. The number of rotatable bonds is 4. The highest BCUT2D eigenvalue weighted by molar-refractivity contribution is 6.42. The standard InChI is InChI=1S/C14H17Cl2NO/c15-12-6-5-10(8-13(12)16)11(14(17)18)7-9-3-1-2-4-9/h5-6,8-9,11H,1-4,7H2,(H2,17,18)/t11-/m0/s1. The van der Waals surface area contributed by atoms with Gasteiger partial charge in [-0.25, -0.2) is 0 Å². The van der Waals surface area contributed by atoms with Crippen LogP contribution in [0, 0.1) is 5.92 Å². The van der Waals surface area contributed by atoms with Crippen LogP contribution in [0.4, 0.5) is 0 Å². The lowest BCUT2D eigenvalue weighted by Crippen LogP contribution is -2.23. The zero-order valence-electron chi connectivity index (χ0n) is 10.2. The van der Waals surface area contributed by atoms with Gasteiger partial charge in [0.25, 0.3) is 0 Å². The number of benzene rings is 1. The predicted octanol–water partition coefficient (Wildman–Crippen LogP) is 4.14. The highest BCUT2D eigenvalue weighted by Crippen LogP contribution is 2.35. The van der Waals surface area contributed by atoms with Gasteiger partial charge in [-0.15, -0.1) is 0 Å². The molecule has 1 saturated carbocycles. The lowest BCUT2D eigenvalue weighted by atomic mass is 9.87. The first-order chi connectivity index (χ1) is 8.58. The molecule has 4 heteroatoms. The smallest absolute Gasteiger partial charge is 0.224 e. The number of primary amides is 1. The highest BCUT2D eigenvalue weighted by atomic mass is 35.5.